The van der Waals surface area contributed by atoms with E-state index in [4.69, 9.17) is 24.1 Å². The summed E-state index contributed by atoms with van der Waals surface area (Å²) in [5, 5.41) is 51.9. The summed E-state index contributed by atoms with van der Waals surface area (Å²) in [5.74, 6) is -0.997. The number of aliphatic hydroxyl groups is 2. The first kappa shape index (κ1) is 54.6. The first-order valence-corrected chi connectivity index (χ1v) is 25.3. The lowest BCUT2D eigenvalue weighted by atomic mass is 10.0. The lowest BCUT2D eigenvalue weighted by molar-refractivity contribution is -0.148. The molecular weight excluding hydrogens is 985 g/mol. The number of aromatic hydroxyl groups is 1. The molecule has 0 aliphatic carbocycles. The zero-order valence-electron chi connectivity index (χ0n) is 39.5. The minimum Gasteiger partial charge on any atom is -0.508 e. The fourth-order valence-electron chi connectivity index (χ4n) is 6.80. The van der Waals surface area contributed by atoms with Gasteiger partial charge in [0.15, 0.2) is 0 Å². The third-order valence-electron chi connectivity index (χ3n) is 10.9. The molecule has 0 amide bonds. The number of nitrogens with one attached hydrogen (secondary N) is 1. The fraction of sp³-hybridized carbons (Fsp3) is 0.235. The van der Waals surface area contributed by atoms with Gasteiger partial charge in [0.25, 0.3) is 11.3 Å². The Morgan fingerprint density at radius 2 is 1.14 bits per heavy atom. The van der Waals surface area contributed by atoms with Crippen molar-refractivity contribution in [2.45, 2.75) is 64.1 Å². The standard InChI is InChI=1S/C51H52N6O14S2/c1-3-32(2)49(61)69-25-7-5-4-6-24-68-42-18-10-34(11-19-42)51(63)71-47-23-15-38(27-36(47)31-59)54-56-40-13-21-44(48(29-40)73(52,66)67)43-20-12-39(28-45(43)57-72(64)65)55-53-37-14-22-46(35(26-37)30-58)70-50(62)33-8-16-41(60)17-9-33/h8-23,26-29,32,57-60H,3-7,24-25,30-31H2,1-2H3,(H,64,65)(H2,52,66,67). The summed E-state index contributed by atoms with van der Waals surface area (Å²) in [7, 11) is -4.46. The number of phenols is 1. The zero-order chi connectivity index (χ0) is 52.5. The lowest BCUT2D eigenvalue weighted by Gasteiger charge is -2.14. The van der Waals surface area contributed by atoms with Crippen LogP contribution in [-0.2, 0) is 44.0 Å². The molecule has 0 fully saturated rings. The third kappa shape index (κ3) is 15.9. The average Bonchev–Trinajstić information content (AvgIpc) is 3.38. The number of hydrogen-bond acceptors (Lipinski definition) is 17. The van der Waals surface area contributed by atoms with E-state index in [9.17, 15) is 46.9 Å². The van der Waals surface area contributed by atoms with E-state index in [-0.39, 0.29) is 91.0 Å². The van der Waals surface area contributed by atoms with Gasteiger partial charge in [0, 0.05) is 22.3 Å². The van der Waals surface area contributed by atoms with E-state index in [1.54, 1.807) is 24.3 Å². The minimum absolute atomic E-state index is 0.0268. The van der Waals surface area contributed by atoms with Crippen molar-refractivity contribution in [1.82, 2.24) is 0 Å². The molecule has 2 unspecified atom stereocenters. The Balaban J connectivity index is 1.09. The van der Waals surface area contributed by atoms with Crippen LogP contribution in [0.5, 0.6) is 23.0 Å². The predicted molar refractivity (Wildman–Crippen MR) is 270 cm³/mol. The molecular formula is C51H52N6O14S2. The van der Waals surface area contributed by atoms with Crippen LogP contribution in [0.2, 0.25) is 0 Å². The van der Waals surface area contributed by atoms with Gasteiger partial charge < -0.3 is 34.3 Å². The molecule has 0 aromatic heterocycles. The SMILES string of the molecule is CCC(C)C(=O)OCCCCCCOc1ccc(C(=O)Oc2ccc(N=Nc3ccc(-c4ccc(N=Nc5ccc(OC(=O)c6ccc(O)cc6)c(CO)c5)cc4NS(=O)O)c(S(N)(=O)=O)c3)cc2CO)cc1. The first-order valence-electron chi connectivity index (χ1n) is 22.7. The van der Waals surface area contributed by atoms with Crippen LogP contribution >= 0.6 is 0 Å². The summed E-state index contributed by atoms with van der Waals surface area (Å²) in [6.07, 6.45) is 4.14. The Labute approximate surface area is 423 Å². The molecule has 2 atom stereocenters. The molecule has 382 valence electrons. The number of carbonyl (C=O) groups excluding carboxylic acids is 3. The number of carbonyl (C=O) groups is 3. The molecule has 6 aromatic rings. The summed E-state index contributed by atoms with van der Waals surface area (Å²) in [6, 6.07) is 28.7. The number of aliphatic hydroxyl groups excluding tert-OH is 2. The van der Waals surface area contributed by atoms with E-state index >= 15 is 0 Å². The van der Waals surface area contributed by atoms with Gasteiger partial charge in [-0.25, -0.2) is 27.4 Å². The maximum atomic E-state index is 13.0. The van der Waals surface area contributed by atoms with E-state index in [0.717, 1.165) is 38.2 Å². The highest BCUT2D eigenvalue weighted by atomic mass is 32.2. The topological polar surface area (TPSA) is 308 Å². The molecule has 6 aromatic carbocycles. The van der Waals surface area contributed by atoms with Gasteiger partial charge >= 0.3 is 17.9 Å². The highest BCUT2D eigenvalue weighted by Gasteiger charge is 2.21. The van der Waals surface area contributed by atoms with Crippen molar-refractivity contribution in [3.05, 3.63) is 144 Å². The number of esters is 3. The molecule has 0 radical (unpaired) electrons. The molecule has 0 aliphatic heterocycles. The van der Waals surface area contributed by atoms with Gasteiger partial charge in [-0.3, -0.25) is 14.1 Å². The van der Waals surface area contributed by atoms with Gasteiger partial charge in [0.1, 0.15) is 23.0 Å². The van der Waals surface area contributed by atoms with E-state index < -0.39 is 51.3 Å². The predicted octanol–water partition coefficient (Wildman–Crippen LogP) is 10.0. The molecule has 0 heterocycles. The van der Waals surface area contributed by atoms with Gasteiger partial charge in [-0.15, -0.1) is 0 Å². The summed E-state index contributed by atoms with van der Waals surface area (Å²) in [4.78, 5) is 37.0. The first-order chi connectivity index (χ1) is 35.0. The highest BCUT2D eigenvalue weighted by Crippen LogP contribution is 2.38. The van der Waals surface area contributed by atoms with Crippen LogP contribution in [0.25, 0.3) is 11.1 Å². The number of anilines is 1. The van der Waals surface area contributed by atoms with Crippen molar-refractivity contribution in [2.24, 2.45) is 31.5 Å². The van der Waals surface area contributed by atoms with Crippen LogP contribution < -0.4 is 24.1 Å². The van der Waals surface area contributed by atoms with Crippen LogP contribution in [0, 0.1) is 5.92 Å². The number of primary sulfonamides is 1. The Morgan fingerprint density at radius 1 is 0.658 bits per heavy atom. The van der Waals surface area contributed by atoms with Crippen LogP contribution in [0.4, 0.5) is 28.4 Å². The van der Waals surface area contributed by atoms with Crippen molar-refractivity contribution in [3.8, 4) is 34.1 Å². The van der Waals surface area contributed by atoms with Crippen molar-refractivity contribution in [3.63, 3.8) is 0 Å². The van der Waals surface area contributed by atoms with Crippen LogP contribution in [-0.4, -0.2) is 63.6 Å². The van der Waals surface area contributed by atoms with Crippen LogP contribution in [0.15, 0.2) is 147 Å². The van der Waals surface area contributed by atoms with Crippen LogP contribution in [0.3, 0.4) is 0 Å². The molecule has 20 nitrogen and oxygen atoms in total. The normalized spacial score (nSPS) is 12.4. The quantitative estimate of drug-likeness (QED) is 0.0108. The lowest BCUT2D eigenvalue weighted by Crippen LogP contribution is -2.14. The summed E-state index contributed by atoms with van der Waals surface area (Å²) < 4.78 is 72.2. The molecule has 0 bridgehead atoms. The zero-order valence-corrected chi connectivity index (χ0v) is 41.2. The second-order valence-corrected chi connectivity index (χ2v) is 18.4. The molecule has 7 N–H and O–H groups in total. The average molecular weight is 1040 g/mol. The van der Waals surface area contributed by atoms with Gasteiger partial charge in [-0.2, -0.15) is 20.5 Å². The number of nitrogens with two attached hydrogens (primary N) is 1. The van der Waals surface area contributed by atoms with Crippen LogP contribution in [0.1, 0.15) is 77.8 Å². The second kappa shape index (κ2) is 26.1. The van der Waals surface area contributed by atoms with E-state index in [1.807, 2.05) is 13.8 Å². The number of benzene rings is 6. The molecule has 0 saturated heterocycles. The highest BCUT2D eigenvalue weighted by molar-refractivity contribution is 7.89. The summed E-state index contributed by atoms with van der Waals surface area (Å²) in [6.45, 7) is 3.63. The third-order valence-corrected chi connectivity index (χ3v) is 12.3. The largest absolute Gasteiger partial charge is 0.508 e. The number of nitrogens with zero attached hydrogens (tertiary/aromatic N) is 4. The molecule has 6 rings (SSSR count). The van der Waals surface area contributed by atoms with Crippen molar-refractivity contribution >= 4 is 67.6 Å². The van der Waals surface area contributed by atoms with Gasteiger partial charge in [-0.05, 0) is 141 Å². The molecule has 22 heteroatoms. The number of unbranched alkanes of at least 4 members (excludes halogenated alkanes) is 3. The van der Waals surface area contributed by atoms with E-state index in [0.29, 0.717) is 19.0 Å². The number of ether oxygens (including phenoxy) is 4. The maximum absolute atomic E-state index is 13.0. The van der Waals surface area contributed by atoms with Gasteiger partial charge in [-0.1, -0.05) is 26.0 Å². The summed E-state index contributed by atoms with van der Waals surface area (Å²) >= 11 is -2.63. The molecule has 73 heavy (non-hydrogen) atoms. The van der Waals surface area contributed by atoms with Crippen molar-refractivity contribution < 1.29 is 65.8 Å². The Hall–Kier alpha value is -7.73. The Kier molecular flexibility index (Phi) is 19.5. The molecule has 0 saturated carbocycles. The van der Waals surface area contributed by atoms with Crippen molar-refractivity contribution in [2.75, 3.05) is 17.9 Å². The Morgan fingerprint density at radius 3 is 1.64 bits per heavy atom. The fourth-order valence-corrected chi connectivity index (χ4v) is 7.93. The van der Waals surface area contributed by atoms with Crippen molar-refractivity contribution in [1.29, 1.82) is 0 Å². The minimum atomic E-state index is -4.46. The smallest absolute Gasteiger partial charge is 0.343 e. The number of rotatable bonds is 24. The number of sulfonamides is 1. The Bertz CT molecular complexity index is 3120. The number of phenolic OH excluding ortho intramolecular Hbond substituents is 1. The van der Waals surface area contributed by atoms with Gasteiger partial charge in [0.2, 0.25) is 10.0 Å². The maximum Gasteiger partial charge on any atom is 0.343 e. The van der Waals surface area contributed by atoms with E-state index in [2.05, 4.69) is 25.2 Å². The molecule has 0 spiro atoms. The summed E-state index contributed by atoms with van der Waals surface area (Å²) in [5.41, 5.74) is 1.63. The number of hydrogen-bond donors (Lipinski definition) is 6. The second-order valence-electron chi connectivity index (χ2n) is 16.2. The van der Waals surface area contributed by atoms with E-state index in [1.165, 1.54) is 91.0 Å². The molecule has 0 aliphatic rings. The van der Waals surface area contributed by atoms with Gasteiger partial charge in [0.05, 0.1) is 76.8 Å². The monoisotopic (exact) mass is 1040 g/mol. The number of azo groups is 2.